The number of ether oxygens (including phenoxy) is 4. The average molecular weight is 483 g/mol. The van der Waals surface area contributed by atoms with E-state index in [1.807, 2.05) is 0 Å². The van der Waals surface area contributed by atoms with Crippen LogP contribution in [0.25, 0.3) is 0 Å². The van der Waals surface area contributed by atoms with E-state index in [0.717, 1.165) is 12.1 Å². The Morgan fingerprint density at radius 1 is 0.758 bits per heavy atom. The van der Waals surface area contributed by atoms with Crippen molar-refractivity contribution in [1.29, 1.82) is 0 Å². The number of methoxy groups -OCH3 is 3. The molecule has 0 spiro atoms. The van der Waals surface area contributed by atoms with Crippen LogP contribution < -0.4 is 23.7 Å². The molecule has 7 nitrogen and oxygen atoms in total. The van der Waals surface area contributed by atoms with E-state index in [9.17, 15) is 21.6 Å². The lowest BCUT2D eigenvalue weighted by molar-refractivity contribution is -0.137. The maximum Gasteiger partial charge on any atom is 0.416 e. The molecule has 0 atom stereocenters. The van der Waals surface area contributed by atoms with Crippen LogP contribution in [0, 0.1) is 0 Å². The van der Waals surface area contributed by atoms with Crippen LogP contribution in [0.3, 0.4) is 0 Å². The molecule has 0 amide bonds. The lowest BCUT2D eigenvalue weighted by atomic mass is 10.2. The minimum Gasteiger partial charge on any atom is -0.497 e. The van der Waals surface area contributed by atoms with Gasteiger partial charge in [-0.1, -0.05) is 12.1 Å². The van der Waals surface area contributed by atoms with Crippen LogP contribution in [0.5, 0.6) is 28.7 Å². The number of alkyl halides is 3. The minimum atomic E-state index is -4.71. The van der Waals surface area contributed by atoms with Gasteiger partial charge in [-0.15, -0.1) is 0 Å². The smallest absolute Gasteiger partial charge is 0.416 e. The van der Waals surface area contributed by atoms with Crippen molar-refractivity contribution >= 4 is 15.7 Å². The predicted molar refractivity (Wildman–Crippen MR) is 115 cm³/mol. The Balaban J connectivity index is 2.10. The first-order valence-corrected chi connectivity index (χ1v) is 10.8. The quantitative estimate of drug-likeness (QED) is 0.467. The summed E-state index contributed by atoms with van der Waals surface area (Å²) in [6, 6.07) is 12.9. The molecule has 33 heavy (non-hydrogen) atoms. The van der Waals surface area contributed by atoms with Gasteiger partial charge in [0.15, 0.2) is 17.2 Å². The van der Waals surface area contributed by atoms with Gasteiger partial charge in [-0.05, 0) is 42.5 Å². The molecule has 0 bridgehead atoms. The van der Waals surface area contributed by atoms with Crippen molar-refractivity contribution in [3.8, 4) is 28.7 Å². The fraction of sp³-hybridized carbons (Fsp3) is 0.182. The largest absolute Gasteiger partial charge is 0.497 e. The van der Waals surface area contributed by atoms with E-state index in [0.29, 0.717) is 11.8 Å². The Kier molecular flexibility index (Phi) is 6.92. The molecule has 3 rings (SSSR count). The molecule has 0 aliphatic carbocycles. The van der Waals surface area contributed by atoms with E-state index in [2.05, 4.69) is 4.72 Å². The Hall–Kier alpha value is -3.60. The molecule has 3 aromatic carbocycles. The van der Waals surface area contributed by atoms with Crippen LogP contribution in [0.2, 0.25) is 0 Å². The lowest BCUT2D eigenvalue weighted by Crippen LogP contribution is -2.16. The molecule has 0 fully saturated rings. The van der Waals surface area contributed by atoms with E-state index < -0.39 is 27.5 Å². The van der Waals surface area contributed by atoms with Crippen molar-refractivity contribution in [3.05, 3.63) is 66.2 Å². The number of para-hydroxylation sites is 2. The van der Waals surface area contributed by atoms with Gasteiger partial charge < -0.3 is 18.9 Å². The standard InChI is InChI=1S/C22H20F3NO6S/c1-29-15-9-11-20(31-3)21(13-15)33(27,28)26-16-12-14(22(23,24)25)8-10-17(16)32-19-7-5-4-6-18(19)30-2/h4-13,26H,1-3H3. The average Bonchev–Trinajstić information content (AvgIpc) is 2.79. The molecule has 0 saturated heterocycles. The highest BCUT2D eigenvalue weighted by atomic mass is 32.2. The van der Waals surface area contributed by atoms with Gasteiger partial charge >= 0.3 is 6.18 Å². The van der Waals surface area contributed by atoms with Gasteiger partial charge in [0.1, 0.15) is 16.4 Å². The van der Waals surface area contributed by atoms with Gasteiger partial charge in [0.05, 0.1) is 32.6 Å². The Bertz CT molecular complexity index is 1250. The molecule has 3 aromatic rings. The number of hydrogen-bond donors (Lipinski definition) is 1. The number of hydrogen-bond acceptors (Lipinski definition) is 6. The van der Waals surface area contributed by atoms with Crippen LogP contribution >= 0.6 is 0 Å². The van der Waals surface area contributed by atoms with Gasteiger partial charge in [-0.25, -0.2) is 8.42 Å². The monoisotopic (exact) mass is 483 g/mol. The Morgan fingerprint density at radius 2 is 1.39 bits per heavy atom. The van der Waals surface area contributed by atoms with Gasteiger partial charge in [0.2, 0.25) is 0 Å². The predicted octanol–water partition coefficient (Wildman–Crippen LogP) is 5.32. The number of rotatable bonds is 8. The maximum absolute atomic E-state index is 13.3. The first kappa shape index (κ1) is 24.1. The summed E-state index contributed by atoms with van der Waals surface area (Å²) in [5, 5.41) is 0. The number of anilines is 1. The summed E-state index contributed by atoms with van der Waals surface area (Å²) in [5.41, 5.74) is -1.49. The third-order valence-electron chi connectivity index (χ3n) is 4.50. The number of halogens is 3. The maximum atomic E-state index is 13.3. The summed E-state index contributed by atoms with van der Waals surface area (Å²) in [7, 11) is -0.408. The van der Waals surface area contributed by atoms with Gasteiger partial charge in [-0.3, -0.25) is 4.72 Å². The molecule has 0 saturated carbocycles. The minimum absolute atomic E-state index is 0.0255. The lowest BCUT2D eigenvalue weighted by Gasteiger charge is -2.18. The molecule has 176 valence electrons. The SMILES string of the molecule is COc1ccc(OC)c(S(=O)(=O)Nc2cc(C(F)(F)F)ccc2Oc2ccccc2OC)c1. The zero-order valence-electron chi connectivity index (χ0n) is 17.8. The number of nitrogens with one attached hydrogen (secondary N) is 1. The van der Waals surface area contributed by atoms with Gasteiger partial charge in [0.25, 0.3) is 10.0 Å². The molecule has 0 aromatic heterocycles. The van der Waals surface area contributed by atoms with Crippen LogP contribution in [0.4, 0.5) is 18.9 Å². The molecular formula is C22H20F3NO6S. The van der Waals surface area contributed by atoms with Crippen molar-refractivity contribution in [2.24, 2.45) is 0 Å². The summed E-state index contributed by atoms with van der Waals surface area (Å²) < 4.78 is 89.5. The third-order valence-corrected chi connectivity index (χ3v) is 5.89. The highest BCUT2D eigenvalue weighted by Gasteiger charge is 2.32. The first-order chi connectivity index (χ1) is 15.6. The van der Waals surface area contributed by atoms with E-state index in [-0.39, 0.29) is 27.9 Å². The molecule has 11 heteroatoms. The fourth-order valence-corrected chi connectivity index (χ4v) is 4.14. The summed E-state index contributed by atoms with van der Waals surface area (Å²) in [5.74, 6) is 0.506. The number of sulfonamides is 1. The van der Waals surface area contributed by atoms with Crippen molar-refractivity contribution in [2.45, 2.75) is 11.1 Å². The van der Waals surface area contributed by atoms with E-state index >= 15 is 0 Å². The van der Waals surface area contributed by atoms with E-state index in [1.54, 1.807) is 18.2 Å². The summed E-state index contributed by atoms with van der Waals surface area (Å²) in [4.78, 5) is -0.329. The highest BCUT2D eigenvalue weighted by Crippen LogP contribution is 2.40. The van der Waals surface area contributed by atoms with E-state index in [1.165, 1.54) is 45.6 Å². The van der Waals surface area contributed by atoms with Crippen molar-refractivity contribution < 1.29 is 40.5 Å². The van der Waals surface area contributed by atoms with Gasteiger partial charge in [0, 0.05) is 6.07 Å². The van der Waals surface area contributed by atoms with Crippen LogP contribution in [-0.4, -0.2) is 29.7 Å². The molecule has 0 radical (unpaired) electrons. The molecule has 1 N–H and O–H groups in total. The summed E-state index contributed by atoms with van der Waals surface area (Å²) in [6.45, 7) is 0. The first-order valence-electron chi connectivity index (χ1n) is 9.36. The highest BCUT2D eigenvalue weighted by molar-refractivity contribution is 7.92. The van der Waals surface area contributed by atoms with Crippen LogP contribution in [0.15, 0.2) is 65.6 Å². The second kappa shape index (κ2) is 9.49. The molecule has 0 unspecified atom stereocenters. The zero-order chi connectivity index (χ0) is 24.2. The Morgan fingerprint density at radius 3 is 2.00 bits per heavy atom. The van der Waals surface area contributed by atoms with Crippen molar-refractivity contribution in [1.82, 2.24) is 0 Å². The van der Waals surface area contributed by atoms with Gasteiger partial charge in [-0.2, -0.15) is 13.2 Å². The summed E-state index contributed by atoms with van der Waals surface area (Å²) >= 11 is 0. The normalized spacial score (nSPS) is 11.6. The molecule has 0 aliphatic rings. The second-order valence-electron chi connectivity index (χ2n) is 6.58. The van der Waals surface area contributed by atoms with Crippen molar-refractivity contribution in [2.75, 3.05) is 26.1 Å². The Labute approximate surface area is 188 Å². The second-order valence-corrected chi connectivity index (χ2v) is 8.23. The topological polar surface area (TPSA) is 83.1 Å². The zero-order valence-corrected chi connectivity index (χ0v) is 18.6. The van der Waals surface area contributed by atoms with Crippen LogP contribution in [-0.2, 0) is 16.2 Å². The van der Waals surface area contributed by atoms with Crippen LogP contribution in [0.1, 0.15) is 5.56 Å². The van der Waals surface area contributed by atoms with Crippen molar-refractivity contribution in [3.63, 3.8) is 0 Å². The van der Waals surface area contributed by atoms with E-state index in [4.69, 9.17) is 18.9 Å². The molecule has 0 aliphatic heterocycles. The molecular weight excluding hydrogens is 463 g/mol. The summed E-state index contributed by atoms with van der Waals surface area (Å²) in [6.07, 6.45) is -4.71. The molecule has 0 heterocycles. The third kappa shape index (κ3) is 5.43. The fourth-order valence-electron chi connectivity index (χ4n) is 2.89. The number of benzene rings is 3.